The highest BCUT2D eigenvalue weighted by molar-refractivity contribution is 14.1. The van der Waals surface area contributed by atoms with Crippen molar-refractivity contribution in [2.45, 2.75) is 79.1 Å². The summed E-state index contributed by atoms with van der Waals surface area (Å²) < 4.78 is 38.5. The Kier molecular flexibility index (Phi) is 16.8. The molecule has 1 heterocycles. The molecule has 1 aliphatic rings. The molecule has 0 spiro atoms. The second-order valence-electron chi connectivity index (χ2n) is 10.9. The van der Waals surface area contributed by atoms with Crippen LogP contribution in [0.15, 0.2) is 0 Å². The average Bonchev–Trinajstić information content (AvgIpc) is 3.34. The SMILES string of the molecule is CC(=O)OCCN(C(=O)C1COC(C)(C)O1)c1c(I)c(COC(C)=O)c(I)c(C(=O)NC(COC(C)=O)C(COC(C)=O)OC(C)=O)c1I. The van der Waals surface area contributed by atoms with E-state index < -0.39 is 78.9 Å². The van der Waals surface area contributed by atoms with Crippen LogP contribution in [0.5, 0.6) is 0 Å². The number of esters is 5. The molecule has 3 unspecified atom stereocenters. The molecule has 0 aliphatic carbocycles. The van der Waals surface area contributed by atoms with Crippen molar-refractivity contribution in [3.63, 3.8) is 0 Å². The van der Waals surface area contributed by atoms with Crippen LogP contribution in [0.25, 0.3) is 0 Å². The smallest absolute Gasteiger partial charge is 0.303 e. The largest absolute Gasteiger partial charge is 0.464 e. The van der Waals surface area contributed by atoms with Crippen molar-refractivity contribution in [2.24, 2.45) is 0 Å². The molecule has 1 fully saturated rings. The zero-order chi connectivity index (χ0) is 37.2. The number of halogens is 3. The summed E-state index contributed by atoms with van der Waals surface area (Å²) in [6.45, 7) is 7.50. The summed E-state index contributed by atoms with van der Waals surface area (Å²) in [5.41, 5.74) is 0.626. The zero-order valence-corrected chi connectivity index (χ0v) is 34.2. The van der Waals surface area contributed by atoms with Gasteiger partial charge in [0.2, 0.25) is 0 Å². The van der Waals surface area contributed by atoms with Gasteiger partial charge >= 0.3 is 29.8 Å². The van der Waals surface area contributed by atoms with Gasteiger partial charge in [0.25, 0.3) is 11.8 Å². The summed E-state index contributed by atoms with van der Waals surface area (Å²) in [6, 6.07) is -1.21. The molecular formula is C30H37I3N2O14. The third kappa shape index (κ3) is 13.0. The fourth-order valence-electron chi connectivity index (χ4n) is 4.37. The molecule has 2 rings (SSSR count). The minimum atomic E-state index is -1.27. The van der Waals surface area contributed by atoms with E-state index in [1.807, 2.05) is 67.8 Å². The van der Waals surface area contributed by atoms with E-state index in [9.17, 15) is 33.6 Å². The van der Waals surface area contributed by atoms with Crippen molar-refractivity contribution in [1.82, 2.24) is 5.32 Å². The summed E-state index contributed by atoms with van der Waals surface area (Å²) in [4.78, 5) is 88.4. The highest BCUT2D eigenvalue weighted by Gasteiger charge is 2.41. The fourth-order valence-corrected chi connectivity index (χ4v) is 8.92. The van der Waals surface area contributed by atoms with Crippen molar-refractivity contribution in [3.05, 3.63) is 21.8 Å². The molecule has 16 nitrogen and oxygen atoms in total. The molecule has 0 aromatic heterocycles. The number of hydrogen-bond acceptors (Lipinski definition) is 14. The molecule has 1 aliphatic heterocycles. The van der Waals surface area contributed by atoms with Crippen molar-refractivity contribution in [3.8, 4) is 0 Å². The van der Waals surface area contributed by atoms with Crippen molar-refractivity contribution >= 4 is 115 Å². The average molecular weight is 1030 g/mol. The number of carbonyl (C=O) groups excluding carboxylic acids is 7. The topological polar surface area (TPSA) is 199 Å². The van der Waals surface area contributed by atoms with Crippen molar-refractivity contribution < 1.29 is 66.7 Å². The molecule has 0 saturated carbocycles. The number of nitrogens with one attached hydrogen (secondary N) is 1. The van der Waals surface area contributed by atoms with Gasteiger partial charge in [-0.3, -0.25) is 33.6 Å². The molecule has 1 aromatic rings. The monoisotopic (exact) mass is 1030 g/mol. The van der Waals surface area contributed by atoms with Gasteiger partial charge in [0.1, 0.15) is 32.5 Å². The zero-order valence-electron chi connectivity index (χ0n) is 27.8. The highest BCUT2D eigenvalue weighted by Crippen LogP contribution is 2.39. The van der Waals surface area contributed by atoms with Crippen molar-refractivity contribution in [2.75, 3.05) is 37.9 Å². The lowest BCUT2D eigenvalue weighted by Gasteiger charge is -2.31. The fraction of sp³-hybridized carbons (Fsp3) is 0.567. The van der Waals surface area contributed by atoms with Crippen LogP contribution in [0.3, 0.4) is 0 Å². The molecule has 49 heavy (non-hydrogen) atoms. The number of amides is 2. The lowest BCUT2D eigenvalue weighted by Crippen LogP contribution is -2.51. The molecule has 3 atom stereocenters. The molecular weight excluding hydrogens is 993 g/mol. The van der Waals surface area contributed by atoms with Gasteiger partial charge in [-0.25, -0.2) is 0 Å². The van der Waals surface area contributed by atoms with Crippen LogP contribution in [0.1, 0.15) is 64.4 Å². The molecule has 272 valence electrons. The third-order valence-corrected chi connectivity index (χ3v) is 9.87. The van der Waals surface area contributed by atoms with Crippen LogP contribution < -0.4 is 10.2 Å². The predicted molar refractivity (Wildman–Crippen MR) is 194 cm³/mol. The molecule has 2 amide bonds. The molecule has 19 heteroatoms. The minimum Gasteiger partial charge on any atom is -0.464 e. The van der Waals surface area contributed by atoms with E-state index in [0.29, 0.717) is 12.7 Å². The molecule has 1 N–H and O–H groups in total. The maximum atomic E-state index is 14.2. The second-order valence-corrected chi connectivity index (χ2v) is 14.1. The molecule has 1 saturated heterocycles. The molecule has 0 bridgehead atoms. The van der Waals surface area contributed by atoms with Crippen LogP contribution in [0, 0.1) is 10.7 Å². The van der Waals surface area contributed by atoms with Crippen LogP contribution in [0.2, 0.25) is 0 Å². The van der Waals surface area contributed by atoms with E-state index in [1.54, 1.807) is 13.8 Å². The van der Waals surface area contributed by atoms with E-state index in [1.165, 1.54) is 18.7 Å². The number of ether oxygens (including phenoxy) is 7. The first kappa shape index (κ1) is 42.8. The second kappa shape index (κ2) is 19.3. The third-order valence-electron chi connectivity index (χ3n) is 6.47. The minimum absolute atomic E-state index is 0.0230. The number of benzene rings is 1. The van der Waals surface area contributed by atoms with Gasteiger partial charge in [0.05, 0.1) is 28.0 Å². The maximum absolute atomic E-state index is 14.2. The van der Waals surface area contributed by atoms with Crippen LogP contribution in [-0.4, -0.2) is 98.7 Å². The Morgan fingerprint density at radius 1 is 0.816 bits per heavy atom. The Morgan fingerprint density at radius 3 is 1.90 bits per heavy atom. The van der Waals surface area contributed by atoms with Gasteiger partial charge in [-0.05, 0) is 81.6 Å². The Labute approximate surface area is 323 Å². The van der Waals surface area contributed by atoms with E-state index in [2.05, 4.69) is 5.32 Å². The van der Waals surface area contributed by atoms with Gasteiger partial charge in [-0.1, -0.05) is 0 Å². The Morgan fingerprint density at radius 2 is 1.39 bits per heavy atom. The Bertz CT molecular complexity index is 1470. The Balaban J connectivity index is 2.77. The number of nitrogens with zero attached hydrogens (tertiary/aromatic N) is 1. The summed E-state index contributed by atoms with van der Waals surface area (Å²) in [5, 5.41) is 2.71. The van der Waals surface area contributed by atoms with Gasteiger partial charge in [-0.15, -0.1) is 0 Å². The summed E-state index contributed by atoms with van der Waals surface area (Å²) in [6.07, 6.45) is -2.32. The van der Waals surface area contributed by atoms with E-state index >= 15 is 0 Å². The van der Waals surface area contributed by atoms with Crippen LogP contribution in [-0.2, 0) is 68.5 Å². The standard InChI is InChI=1S/C30H37I3N2O14/c1-14(36)43-9-8-35(29(42)22-13-47-30(6,7)49-22)27-25(32)19(10-44-15(2)37)24(31)23(26(27)33)28(41)34-20(11-45-16(3)38)21(48-18(5)40)12-46-17(4)39/h20-22H,8-13H2,1-7H3,(H,34,41). The van der Waals surface area contributed by atoms with Crippen LogP contribution in [0.4, 0.5) is 5.69 Å². The summed E-state index contributed by atoms with van der Waals surface area (Å²) in [7, 11) is 0. The van der Waals surface area contributed by atoms with E-state index in [-0.39, 0.29) is 41.2 Å². The van der Waals surface area contributed by atoms with Gasteiger partial charge in [-0.2, -0.15) is 0 Å². The lowest BCUT2D eigenvalue weighted by molar-refractivity contribution is -0.160. The number of anilines is 1. The number of carbonyl (C=O) groups is 7. The molecule has 1 aromatic carbocycles. The highest BCUT2D eigenvalue weighted by atomic mass is 127. The predicted octanol–water partition coefficient (Wildman–Crippen LogP) is 2.77. The first-order valence-corrected chi connectivity index (χ1v) is 17.8. The first-order valence-electron chi connectivity index (χ1n) is 14.6. The van der Waals surface area contributed by atoms with Crippen LogP contribution >= 0.6 is 67.8 Å². The van der Waals surface area contributed by atoms with Crippen molar-refractivity contribution in [1.29, 1.82) is 0 Å². The van der Waals surface area contributed by atoms with Gasteiger partial charge < -0.3 is 43.4 Å². The number of rotatable bonds is 15. The van der Waals surface area contributed by atoms with Gasteiger partial charge in [0.15, 0.2) is 18.0 Å². The van der Waals surface area contributed by atoms with E-state index in [0.717, 1.165) is 20.8 Å². The van der Waals surface area contributed by atoms with Gasteiger partial charge in [0, 0.05) is 47.3 Å². The summed E-state index contributed by atoms with van der Waals surface area (Å²) >= 11 is 5.79. The quantitative estimate of drug-likeness (QED) is 0.153. The maximum Gasteiger partial charge on any atom is 0.303 e. The summed E-state index contributed by atoms with van der Waals surface area (Å²) in [5.74, 6) is -5.68. The van der Waals surface area contributed by atoms with E-state index in [4.69, 9.17) is 33.2 Å². The number of hydrogen-bond donors (Lipinski definition) is 1. The Hall–Kier alpha value is -2.38. The molecule has 0 radical (unpaired) electrons. The lowest BCUT2D eigenvalue weighted by atomic mass is 10.1. The first-order chi connectivity index (χ1) is 22.7. The normalized spacial score (nSPS) is 16.1.